The molecule has 2 N–H and O–H groups in total. The molecule has 0 aliphatic carbocycles. The number of hydrogen-bond donors (Lipinski definition) is 1. The summed E-state index contributed by atoms with van der Waals surface area (Å²) in [5.74, 6) is 0.234. The van der Waals surface area contributed by atoms with Gasteiger partial charge in [0.25, 0.3) is 0 Å². The Morgan fingerprint density at radius 3 is 2.56 bits per heavy atom. The zero-order chi connectivity index (χ0) is 13.4. The van der Waals surface area contributed by atoms with Crippen molar-refractivity contribution in [2.45, 2.75) is 6.92 Å². The highest BCUT2D eigenvalue weighted by Crippen LogP contribution is 2.35. The summed E-state index contributed by atoms with van der Waals surface area (Å²) in [6.45, 7) is 1.85. The van der Waals surface area contributed by atoms with E-state index in [1.54, 1.807) is 17.7 Å². The van der Waals surface area contributed by atoms with E-state index in [0.717, 1.165) is 16.5 Å². The fourth-order valence-electron chi connectivity index (χ4n) is 2.32. The standard InChI is InChI=1S/C13H16N2O3/c1-7-10-8(5-6-9(17-3)11(10)14)15(2)12(7)13(16)18-4/h5-6H,14H2,1-4H3. The van der Waals surface area contributed by atoms with Crippen molar-refractivity contribution >= 4 is 22.6 Å². The number of hydrogen-bond acceptors (Lipinski definition) is 4. The highest BCUT2D eigenvalue weighted by molar-refractivity contribution is 6.04. The molecule has 1 aromatic heterocycles. The first-order chi connectivity index (χ1) is 8.52. The summed E-state index contributed by atoms with van der Waals surface area (Å²) in [4.78, 5) is 11.8. The second kappa shape index (κ2) is 4.25. The Kier molecular flexibility index (Phi) is 2.90. The predicted octanol–water partition coefficient (Wildman–Crippen LogP) is 1.86. The van der Waals surface area contributed by atoms with Crippen LogP contribution in [0.3, 0.4) is 0 Å². The minimum absolute atomic E-state index is 0.371. The van der Waals surface area contributed by atoms with Crippen LogP contribution in [0.5, 0.6) is 5.75 Å². The Morgan fingerprint density at radius 1 is 1.33 bits per heavy atom. The summed E-state index contributed by atoms with van der Waals surface area (Å²) < 4.78 is 11.8. The molecule has 5 heteroatoms. The number of ether oxygens (including phenoxy) is 2. The van der Waals surface area contributed by atoms with E-state index in [-0.39, 0.29) is 5.97 Å². The van der Waals surface area contributed by atoms with Gasteiger partial charge in [0.2, 0.25) is 0 Å². The van der Waals surface area contributed by atoms with Gasteiger partial charge in [0.15, 0.2) is 0 Å². The molecule has 0 bridgehead atoms. The van der Waals surface area contributed by atoms with Crippen molar-refractivity contribution in [3.8, 4) is 5.75 Å². The topological polar surface area (TPSA) is 66.5 Å². The number of benzene rings is 1. The third-order valence-corrected chi connectivity index (χ3v) is 3.21. The molecule has 18 heavy (non-hydrogen) atoms. The van der Waals surface area contributed by atoms with Gasteiger partial charge in [0.05, 0.1) is 25.4 Å². The fourth-order valence-corrected chi connectivity index (χ4v) is 2.32. The minimum atomic E-state index is -0.371. The zero-order valence-corrected chi connectivity index (χ0v) is 10.9. The van der Waals surface area contributed by atoms with Crippen molar-refractivity contribution in [1.29, 1.82) is 0 Å². The molecule has 2 rings (SSSR count). The molecule has 0 spiro atoms. The van der Waals surface area contributed by atoms with Gasteiger partial charge in [-0.3, -0.25) is 0 Å². The summed E-state index contributed by atoms with van der Waals surface area (Å²) in [7, 11) is 4.74. The maximum Gasteiger partial charge on any atom is 0.354 e. The van der Waals surface area contributed by atoms with Crippen LogP contribution in [-0.2, 0) is 11.8 Å². The molecule has 0 aliphatic rings. The molecule has 5 nitrogen and oxygen atoms in total. The van der Waals surface area contributed by atoms with E-state index in [4.69, 9.17) is 15.2 Å². The smallest absolute Gasteiger partial charge is 0.354 e. The lowest BCUT2D eigenvalue weighted by atomic mass is 10.1. The number of carbonyl (C=O) groups excluding carboxylic acids is 1. The van der Waals surface area contributed by atoms with E-state index in [1.165, 1.54) is 7.11 Å². The lowest BCUT2D eigenvalue weighted by molar-refractivity contribution is 0.0589. The van der Waals surface area contributed by atoms with Gasteiger partial charge in [-0.25, -0.2) is 4.79 Å². The number of methoxy groups -OCH3 is 2. The van der Waals surface area contributed by atoms with Crippen LogP contribution < -0.4 is 10.5 Å². The van der Waals surface area contributed by atoms with E-state index < -0.39 is 0 Å². The average Bonchev–Trinajstić information content (AvgIpc) is 2.62. The number of nitrogens with two attached hydrogens (primary N) is 1. The number of aromatic nitrogens is 1. The zero-order valence-electron chi connectivity index (χ0n) is 10.9. The Hall–Kier alpha value is -2.17. The summed E-state index contributed by atoms with van der Waals surface area (Å²) in [6.07, 6.45) is 0. The third kappa shape index (κ3) is 1.51. The normalized spacial score (nSPS) is 10.7. The first kappa shape index (κ1) is 12.3. The Bertz CT molecular complexity index is 629. The van der Waals surface area contributed by atoms with Crippen molar-refractivity contribution in [3.63, 3.8) is 0 Å². The molecule has 0 radical (unpaired) electrons. The van der Waals surface area contributed by atoms with Gasteiger partial charge in [0, 0.05) is 12.4 Å². The van der Waals surface area contributed by atoms with Crippen LogP contribution in [0, 0.1) is 6.92 Å². The lowest BCUT2D eigenvalue weighted by Crippen LogP contribution is -2.08. The molecule has 0 amide bonds. The maximum absolute atomic E-state index is 11.8. The minimum Gasteiger partial charge on any atom is -0.495 e. The SMILES string of the molecule is COC(=O)c1c(C)c2c(N)c(OC)ccc2n1C. The van der Waals surface area contributed by atoms with Gasteiger partial charge in [-0.05, 0) is 24.6 Å². The van der Waals surface area contributed by atoms with Crippen molar-refractivity contribution < 1.29 is 14.3 Å². The van der Waals surface area contributed by atoms with Gasteiger partial charge < -0.3 is 19.8 Å². The van der Waals surface area contributed by atoms with Gasteiger partial charge in [-0.2, -0.15) is 0 Å². The number of fused-ring (bicyclic) bond motifs is 1. The summed E-state index contributed by atoms with van der Waals surface area (Å²) in [5.41, 5.74) is 8.79. The van der Waals surface area contributed by atoms with Gasteiger partial charge >= 0.3 is 5.97 Å². The molecule has 0 saturated carbocycles. The first-order valence-electron chi connectivity index (χ1n) is 5.52. The molecular weight excluding hydrogens is 232 g/mol. The molecule has 1 heterocycles. The van der Waals surface area contributed by atoms with Crippen molar-refractivity contribution in [1.82, 2.24) is 4.57 Å². The van der Waals surface area contributed by atoms with E-state index >= 15 is 0 Å². The maximum atomic E-state index is 11.8. The van der Waals surface area contributed by atoms with Crippen LogP contribution in [0.25, 0.3) is 10.9 Å². The number of anilines is 1. The highest BCUT2D eigenvalue weighted by Gasteiger charge is 2.21. The molecule has 0 aliphatic heterocycles. The lowest BCUT2D eigenvalue weighted by Gasteiger charge is -2.06. The van der Waals surface area contributed by atoms with Gasteiger partial charge in [-0.1, -0.05) is 0 Å². The fraction of sp³-hybridized carbons (Fsp3) is 0.308. The second-order valence-electron chi connectivity index (χ2n) is 4.10. The summed E-state index contributed by atoms with van der Waals surface area (Å²) in [6, 6.07) is 3.67. The Labute approximate surface area is 105 Å². The molecular formula is C13H16N2O3. The molecule has 0 atom stereocenters. The predicted molar refractivity (Wildman–Crippen MR) is 70.0 cm³/mol. The van der Waals surface area contributed by atoms with E-state index in [9.17, 15) is 4.79 Å². The van der Waals surface area contributed by atoms with Crippen LogP contribution >= 0.6 is 0 Å². The van der Waals surface area contributed by atoms with Crippen molar-refractivity contribution in [3.05, 3.63) is 23.4 Å². The average molecular weight is 248 g/mol. The van der Waals surface area contributed by atoms with Crippen LogP contribution in [0.2, 0.25) is 0 Å². The van der Waals surface area contributed by atoms with Gasteiger partial charge in [0.1, 0.15) is 11.4 Å². The quantitative estimate of drug-likeness (QED) is 0.650. The molecule has 0 unspecified atom stereocenters. The Morgan fingerprint density at radius 2 is 2.00 bits per heavy atom. The largest absolute Gasteiger partial charge is 0.495 e. The molecule has 2 aromatic rings. The third-order valence-electron chi connectivity index (χ3n) is 3.21. The summed E-state index contributed by atoms with van der Waals surface area (Å²) >= 11 is 0. The second-order valence-corrected chi connectivity index (χ2v) is 4.10. The number of nitrogen functional groups attached to an aromatic ring is 1. The Balaban J connectivity index is 2.86. The number of carbonyl (C=O) groups is 1. The number of esters is 1. The molecule has 1 aromatic carbocycles. The number of aryl methyl sites for hydroxylation is 2. The first-order valence-corrected chi connectivity index (χ1v) is 5.52. The molecule has 0 fully saturated rings. The van der Waals surface area contributed by atoms with Gasteiger partial charge in [-0.15, -0.1) is 0 Å². The van der Waals surface area contributed by atoms with E-state index in [1.807, 2.05) is 20.0 Å². The van der Waals surface area contributed by atoms with Crippen molar-refractivity contribution in [2.75, 3.05) is 20.0 Å². The van der Waals surface area contributed by atoms with Crippen LogP contribution in [0.4, 0.5) is 5.69 Å². The van der Waals surface area contributed by atoms with Crippen molar-refractivity contribution in [2.24, 2.45) is 7.05 Å². The molecule has 0 saturated heterocycles. The van der Waals surface area contributed by atoms with Crippen LogP contribution in [-0.4, -0.2) is 24.8 Å². The highest BCUT2D eigenvalue weighted by atomic mass is 16.5. The van der Waals surface area contributed by atoms with E-state index in [2.05, 4.69) is 0 Å². The van der Waals surface area contributed by atoms with E-state index in [0.29, 0.717) is 17.1 Å². The van der Waals surface area contributed by atoms with Crippen LogP contribution in [0.15, 0.2) is 12.1 Å². The molecule has 96 valence electrons. The number of nitrogens with zero attached hydrogens (tertiary/aromatic N) is 1. The number of rotatable bonds is 2. The monoisotopic (exact) mass is 248 g/mol. The summed E-state index contributed by atoms with van der Waals surface area (Å²) in [5, 5.41) is 0.831. The van der Waals surface area contributed by atoms with Crippen LogP contribution in [0.1, 0.15) is 16.1 Å².